The van der Waals surface area contributed by atoms with Crippen LogP contribution in [0.2, 0.25) is 0 Å². The van der Waals surface area contributed by atoms with Crippen LogP contribution >= 0.6 is 0 Å². The quantitative estimate of drug-likeness (QED) is 0.176. The molecule has 8 aliphatic rings. The number of carbonyl (C=O) groups is 2. The van der Waals surface area contributed by atoms with Crippen molar-refractivity contribution in [3.63, 3.8) is 0 Å². The molecule has 7 fully saturated rings. The molecule has 8 rings (SSSR count). The Kier molecular flexibility index (Phi) is 12.0. The van der Waals surface area contributed by atoms with E-state index in [1.54, 1.807) is 19.9 Å². The van der Waals surface area contributed by atoms with Crippen LogP contribution in [0.25, 0.3) is 0 Å². The summed E-state index contributed by atoms with van der Waals surface area (Å²) in [5.74, 6) is -0.339. The molecule has 0 amide bonds. The number of aliphatic hydroxyl groups excluding tert-OH is 4. The lowest BCUT2D eigenvalue weighted by atomic mass is 9.42. The number of esters is 2. The predicted octanol–water partition coefficient (Wildman–Crippen LogP) is 2.79. The van der Waals surface area contributed by atoms with Gasteiger partial charge < -0.3 is 63.4 Å². The summed E-state index contributed by atoms with van der Waals surface area (Å²) in [6.07, 6.45) is -1.64. The molecule has 4 heterocycles. The molecule has 15 nitrogen and oxygen atoms in total. The zero-order valence-electron chi connectivity index (χ0n) is 34.8. The van der Waals surface area contributed by atoms with Gasteiger partial charge in [0.05, 0.1) is 54.4 Å². The minimum Gasteiger partial charge on any atom is -0.458 e. The van der Waals surface area contributed by atoms with Crippen LogP contribution in [0.1, 0.15) is 112 Å². The van der Waals surface area contributed by atoms with Crippen LogP contribution in [0.5, 0.6) is 0 Å². The monoisotopic (exact) mass is 822 g/mol. The Bertz CT molecular complexity index is 1520. The first-order valence-electron chi connectivity index (χ1n) is 21.8. The normalized spacial score (nSPS) is 53.2. The molecule has 0 spiro atoms. The molecule has 21 atom stereocenters. The molecule has 0 aromatic heterocycles. The summed E-state index contributed by atoms with van der Waals surface area (Å²) in [6.45, 7) is 11.2. The van der Waals surface area contributed by atoms with Crippen molar-refractivity contribution < 1.29 is 73.0 Å². The topological polar surface area (TPSA) is 209 Å². The van der Waals surface area contributed by atoms with E-state index in [4.69, 9.17) is 37.9 Å². The minimum atomic E-state index is -1.02. The summed E-state index contributed by atoms with van der Waals surface area (Å²) in [5, 5.41) is 57.5. The van der Waals surface area contributed by atoms with Crippen LogP contribution in [-0.2, 0) is 47.5 Å². The molecule has 0 radical (unpaired) electrons. The molecule has 15 heteroatoms. The van der Waals surface area contributed by atoms with E-state index in [1.807, 2.05) is 13.8 Å². The van der Waals surface area contributed by atoms with Gasteiger partial charge in [-0.05, 0) is 107 Å². The average molecular weight is 823 g/mol. The molecule has 4 aliphatic heterocycles. The van der Waals surface area contributed by atoms with Gasteiger partial charge in [-0.1, -0.05) is 13.8 Å². The summed E-state index contributed by atoms with van der Waals surface area (Å²) in [7, 11) is 0. The van der Waals surface area contributed by atoms with Gasteiger partial charge in [0.1, 0.15) is 18.8 Å². The molecule has 4 aliphatic carbocycles. The fourth-order valence-electron chi connectivity index (χ4n) is 13.1. The number of rotatable bonds is 8. The van der Waals surface area contributed by atoms with E-state index < -0.39 is 96.9 Å². The molecular formula is C43H66O15. The smallest absolute Gasteiger partial charge is 0.331 e. The molecule has 0 aromatic carbocycles. The summed E-state index contributed by atoms with van der Waals surface area (Å²) >= 11 is 0. The van der Waals surface area contributed by atoms with Gasteiger partial charge in [-0.25, -0.2) is 4.79 Å². The third-order valence-electron chi connectivity index (χ3n) is 16.2. The Hall–Kier alpha value is -1.76. The van der Waals surface area contributed by atoms with Crippen molar-refractivity contribution in [1.29, 1.82) is 0 Å². The highest BCUT2D eigenvalue weighted by molar-refractivity contribution is 5.85. The lowest BCUT2D eigenvalue weighted by Crippen LogP contribution is -2.67. The second kappa shape index (κ2) is 16.2. The number of carbonyl (C=O) groups excluding carboxylic acids is 2. The Morgan fingerprint density at radius 2 is 1.29 bits per heavy atom. The van der Waals surface area contributed by atoms with Crippen LogP contribution < -0.4 is 0 Å². The number of fused-ring (bicyclic) bond motifs is 5. The van der Waals surface area contributed by atoms with E-state index in [9.17, 15) is 35.1 Å². The van der Waals surface area contributed by atoms with Crippen molar-refractivity contribution in [3.8, 4) is 0 Å². The summed E-state index contributed by atoms with van der Waals surface area (Å²) in [4.78, 5) is 23.4. The highest BCUT2D eigenvalue weighted by Gasteiger charge is 2.71. The maximum absolute atomic E-state index is 12.6. The standard InChI is InChI=1S/C43H66O15/c1-20-38(55-23(4)44)30(45)17-36(53-20)57-40-22(3)54-37(18-32(40)47)58-39-21(2)52-35(16-31(39)46)56-26-9-11-41(5)25(14-26)7-8-28-29(41)15-33(48)42(6)27(10-12-43(28,42)50)24-13-34(49)51-19-24/h13,20-22,25-33,35-40,45-48,50H,7-12,14-19H2,1-6H3/t20-,21-,22-,25+,26+,27+,28+,29-,30-,31-,32-,33-,35-,36-,37-,38-,39+,40+,41+,42+,43+/m1/s1. The molecule has 5 N–H and O–H groups in total. The zero-order valence-corrected chi connectivity index (χ0v) is 34.8. The maximum atomic E-state index is 12.6. The Morgan fingerprint density at radius 3 is 1.83 bits per heavy atom. The highest BCUT2D eigenvalue weighted by atomic mass is 16.7. The SMILES string of the molecule is CC(=O)O[C@H]1[C@H](O)C[C@@H](O[C@@H]2[C@H](O)C[C@@H](O[C@@H]3[C@H](O)C[C@@H](O[C@H]4CC[C@@]5(C)[C@@H](CC[C@H]6[C@H]5C[C@@H](O)[C@]5(C)[C@H](C7=CC(=O)OC7)CC[C@]65O)C4)O[C@@H]3C)O[C@@H]2C)O[C@@H]1C. The molecule has 328 valence electrons. The van der Waals surface area contributed by atoms with E-state index in [-0.39, 0.29) is 61.1 Å². The van der Waals surface area contributed by atoms with E-state index in [1.165, 1.54) is 6.92 Å². The Labute approximate surface area is 341 Å². The molecule has 4 saturated carbocycles. The van der Waals surface area contributed by atoms with Crippen LogP contribution in [0.3, 0.4) is 0 Å². The molecule has 0 aromatic rings. The highest BCUT2D eigenvalue weighted by Crippen LogP contribution is 2.70. The van der Waals surface area contributed by atoms with Gasteiger partial charge in [0, 0.05) is 37.7 Å². The van der Waals surface area contributed by atoms with Crippen LogP contribution in [-0.4, -0.2) is 136 Å². The number of hydrogen-bond acceptors (Lipinski definition) is 15. The fourth-order valence-corrected chi connectivity index (χ4v) is 13.1. The second-order valence-electron chi connectivity index (χ2n) is 19.4. The average Bonchev–Trinajstić information content (AvgIpc) is 3.70. The summed E-state index contributed by atoms with van der Waals surface area (Å²) < 4.78 is 47.6. The third kappa shape index (κ3) is 7.49. The third-order valence-corrected chi connectivity index (χ3v) is 16.2. The lowest BCUT2D eigenvalue weighted by molar-refractivity contribution is -0.336. The van der Waals surface area contributed by atoms with Gasteiger partial charge >= 0.3 is 11.9 Å². The maximum Gasteiger partial charge on any atom is 0.331 e. The Balaban J connectivity index is 0.823. The van der Waals surface area contributed by atoms with E-state index in [2.05, 4.69) is 6.92 Å². The minimum absolute atomic E-state index is 0.0551. The largest absolute Gasteiger partial charge is 0.458 e. The van der Waals surface area contributed by atoms with Crippen molar-refractivity contribution in [3.05, 3.63) is 11.6 Å². The first-order chi connectivity index (χ1) is 27.4. The van der Waals surface area contributed by atoms with E-state index in [0.717, 1.165) is 44.1 Å². The van der Waals surface area contributed by atoms with Crippen molar-refractivity contribution in [2.24, 2.45) is 34.5 Å². The van der Waals surface area contributed by atoms with Gasteiger partial charge in [-0.2, -0.15) is 0 Å². The van der Waals surface area contributed by atoms with Crippen molar-refractivity contribution >= 4 is 11.9 Å². The van der Waals surface area contributed by atoms with Gasteiger partial charge in [0.25, 0.3) is 0 Å². The van der Waals surface area contributed by atoms with Gasteiger partial charge in [0.2, 0.25) is 0 Å². The van der Waals surface area contributed by atoms with Gasteiger partial charge in [-0.15, -0.1) is 0 Å². The first kappa shape index (κ1) is 42.9. The number of hydrogen-bond donors (Lipinski definition) is 5. The van der Waals surface area contributed by atoms with E-state index >= 15 is 0 Å². The zero-order chi connectivity index (χ0) is 41.5. The predicted molar refractivity (Wildman–Crippen MR) is 202 cm³/mol. The second-order valence-corrected chi connectivity index (χ2v) is 19.4. The molecular weight excluding hydrogens is 756 g/mol. The van der Waals surface area contributed by atoms with Crippen LogP contribution in [0, 0.1) is 34.5 Å². The number of ether oxygens (including phenoxy) is 8. The van der Waals surface area contributed by atoms with Crippen molar-refractivity contribution in [1.82, 2.24) is 0 Å². The molecule has 0 bridgehead atoms. The van der Waals surface area contributed by atoms with Crippen LogP contribution in [0.15, 0.2) is 11.6 Å². The molecule has 3 saturated heterocycles. The molecule has 58 heavy (non-hydrogen) atoms. The van der Waals surface area contributed by atoms with E-state index in [0.29, 0.717) is 18.8 Å². The van der Waals surface area contributed by atoms with Crippen molar-refractivity contribution in [2.45, 2.75) is 204 Å². The number of cyclic esters (lactones) is 1. The Morgan fingerprint density at radius 1 is 0.724 bits per heavy atom. The van der Waals surface area contributed by atoms with Crippen molar-refractivity contribution in [2.75, 3.05) is 6.61 Å². The molecule has 0 unspecified atom stereocenters. The van der Waals surface area contributed by atoms with Gasteiger partial charge in [0.15, 0.2) is 25.0 Å². The first-order valence-corrected chi connectivity index (χ1v) is 21.8. The number of aliphatic hydroxyl groups is 5. The summed E-state index contributed by atoms with van der Waals surface area (Å²) in [5.41, 5.74) is -0.916. The summed E-state index contributed by atoms with van der Waals surface area (Å²) in [6, 6.07) is 0. The van der Waals surface area contributed by atoms with Crippen LogP contribution in [0.4, 0.5) is 0 Å². The lowest BCUT2D eigenvalue weighted by Gasteiger charge is -2.65. The fraction of sp³-hybridized carbons (Fsp3) is 0.907. The van der Waals surface area contributed by atoms with Gasteiger partial charge in [-0.3, -0.25) is 4.79 Å².